The third-order valence-corrected chi connectivity index (χ3v) is 9.56. The van der Waals surface area contributed by atoms with Crippen LogP contribution in [0.25, 0.3) is 0 Å². The molecule has 14 heteroatoms. The van der Waals surface area contributed by atoms with Crippen molar-refractivity contribution in [3.05, 3.63) is 28.8 Å². The van der Waals surface area contributed by atoms with E-state index >= 15 is 0 Å². The predicted octanol–water partition coefficient (Wildman–Crippen LogP) is 3.04. The van der Waals surface area contributed by atoms with Crippen molar-refractivity contribution >= 4 is 53.8 Å². The highest BCUT2D eigenvalue weighted by atomic mass is 35.5. The normalized spacial score (nSPS) is 14.9. The number of unbranched alkanes of at least 4 members (excludes halogenated alkanes) is 2. The summed E-state index contributed by atoms with van der Waals surface area (Å²) >= 11 is 1.52. The van der Waals surface area contributed by atoms with Gasteiger partial charge in [0.25, 0.3) is 0 Å². The number of benzene rings is 1. The molecule has 2 rings (SSSR count). The topological polar surface area (TPSA) is 194 Å². The first kappa shape index (κ1) is 43.0. The van der Waals surface area contributed by atoms with E-state index in [4.69, 9.17) is 16.2 Å². The van der Waals surface area contributed by atoms with Gasteiger partial charge >= 0.3 is 5.97 Å². The van der Waals surface area contributed by atoms with Gasteiger partial charge in [-0.3, -0.25) is 24.0 Å². The van der Waals surface area contributed by atoms with E-state index in [9.17, 15) is 29.1 Å². The number of aromatic hydroxyl groups is 1. The number of methoxy groups -OCH3 is 1. The zero-order valence-electron chi connectivity index (χ0n) is 28.9. The SMILES string of the molecule is COC(=O)CCCCCN(C(=O)CNC(=O)[C@@H](CCSC)NC(=O)[C@@H](N)Cc1c(C)cc(O)cc1C)[C@@H](CC1CCCCC1)C(N)=O.Cl. The molecule has 0 radical (unpaired) electrons. The Morgan fingerprint density at radius 3 is 2.27 bits per heavy atom. The predicted molar refractivity (Wildman–Crippen MR) is 191 cm³/mol. The number of phenols is 1. The maximum atomic E-state index is 13.6. The Balaban J connectivity index is 0.0000115. The number of aryl methyl sites for hydroxylation is 2. The van der Waals surface area contributed by atoms with Gasteiger partial charge < -0.3 is 36.8 Å². The Morgan fingerprint density at radius 2 is 1.69 bits per heavy atom. The van der Waals surface area contributed by atoms with Crippen LogP contribution in [0.5, 0.6) is 5.75 Å². The van der Waals surface area contributed by atoms with Gasteiger partial charge in [0.05, 0.1) is 19.7 Å². The maximum absolute atomic E-state index is 13.6. The van der Waals surface area contributed by atoms with E-state index in [0.717, 1.165) is 48.8 Å². The molecule has 1 aliphatic carbocycles. The van der Waals surface area contributed by atoms with Crippen molar-refractivity contribution < 1.29 is 33.8 Å². The number of ether oxygens (including phenoxy) is 1. The first-order valence-corrected chi connectivity index (χ1v) is 18.0. The summed E-state index contributed by atoms with van der Waals surface area (Å²) in [6.45, 7) is 3.57. The summed E-state index contributed by atoms with van der Waals surface area (Å²) in [4.78, 5) is 65.7. The van der Waals surface area contributed by atoms with Crippen molar-refractivity contribution in [2.24, 2.45) is 17.4 Å². The van der Waals surface area contributed by atoms with Crippen LogP contribution in [-0.4, -0.2) is 89.9 Å². The lowest BCUT2D eigenvalue weighted by Gasteiger charge is -2.33. The van der Waals surface area contributed by atoms with Crippen molar-refractivity contribution in [2.45, 2.75) is 109 Å². The van der Waals surface area contributed by atoms with Gasteiger partial charge in [-0.1, -0.05) is 38.5 Å². The van der Waals surface area contributed by atoms with Crippen molar-refractivity contribution in [3.63, 3.8) is 0 Å². The highest BCUT2D eigenvalue weighted by Gasteiger charge is 2.32. The van der Waals surface area contributed by atoms with Crippen molar-refractivity contribution in [1.29, 1.82) is 0 Å². The molecule has 4 amide bonds. The van der Waals surface area contributed by atoms with Crippen LogP contribution in [-0.2, 0) is 35.1 Å². The molecule has 0 bridgehead atoms. The number of amides is 4. The van der Waals surface area contributed by atoms with Gasteiger partial charge in [0, 0.05) is 13.0 Å². The lowest BCUT2D eigenvalue weighted by molar-refractivity contribution is -0.141. The molecule has 3 atom stereocenters. The average Bonchev–Trinajstić information content (AvgIpc) is 3.04. The molecule has 0 unspecified atom stereocenters. The molecule has 0 heterocycles. The Hall–Kier alpha value is -3.03. The summed E-state index contributed by atoms with van der Waals surface area (Å²) in [5.41, 5.74) is 14.6. The fourth-order valence-electron chi connectivity index (χ4n) is 6.20. The van der Waals surface area contributed by atoms with Crippen LogP contribution in [0.2, 0.25) is 0 Å². The fraction of sp³-hybridized carbons (Fsp3) is 0.676. The number of carbonyl (C=O) groups excluding carboxylic acids is 5. The number of primary amides is 1. The number of nitrogens with one attached hydrogen (secondary N) is 2. The fourth-order valence-corrected chi connectivity index (χ4v) is 6.67. The van der Waals surface area contributed by atoms with E-state index in [1.807, 2.05) is 20.1 Å². The molecule has 0 saturated heterocycles. The molecule has 0 aromatic heterocycles. The first-order chi connectivity index (χ1) is 22.4. The number of halogens is 1. The number of esters is 1. The second kappa shape index (κ2) is 22.6. The van der Waals surface area contributed by atoms with Crippen molar-refractivity contribution in [3.8, 4) is 5.75 Å². The number of thioether (sulfide) groups is 1. The van der Waals surface area contributed by atoms with Crippen molar-refractivity contribution in [2.75, 3.05) is 32.2 Å². The molecular weight excluding hydrogens is 658 g/mol. The summed E-state index contributed by atoms with van der Waals surface area (Å²) in [5.74, 6) is -1.33. The number of hydrogen-bond donors (Lipinski definition) is 5. The van der Waals surface area contributed by atoms with Gasteiger partial charge in [0.1, 0.15) is 17.8 Å². The molecule has 7 N–H and O–H groups in total. The monoisotopic (exact) mass is 713 g/mol. The minimum atomic E-state index is -0.936. The second-order valence-corrected chi connectivity index (χ2v) is 13.5. The van der Waals surface area contributed by atoms with Crippen LogP contribution in [0.1, 0.15) is 87.3 Å². The zero-order chi connectivity index (χ0) is 34.9. The van der Waals surface area contributed by atoms with E-state index in [0.29, 0.717) is 37.9 Å². The quantitative estimate of drug-likeness (QED) is 0.0997. The van der Waals surface area contributed by atoms with Crippen LogP contribution in [0.3, 0.4) is 0 Å². The lowest BCUT2D eigenvalue weighted by Crippen LogP contribution is -2.55. The number of phenolic OH excluding ortho intramolecular Hbond substituents is 1. The zero-order valence-corrected chi connectivity index (χ0v) is 30.5. The minimum absolute atomic E-state index is 0. The highest BCUT2D eigenvalue weighted by Crippen LogP contribution is 2.29. The number of nitrogens with two attached hydrogens (primary N) is 2. The van der Waals surface area contributed by atoms with Gasteiger partial charge in [-0.2, -0.15) is 11.8 Å². The van der Waals surface area contributed by atoms with Gasteiger partial charge in [0.2, 0.25) is 23.6 Å². The molecule has 1 aromatic carbocycles. The summed E-state index contributed by atoms with van der Waals surface area (Å²) in [7, 11) is 1.34. The third kappa shape index (κ3) is 14.6. The standard InChI is InChI=1S/C34H55N5O7S.ClH/c1-22-17-25(40)18-23(2)26(22)20-27(35)33(44)38-28(14-16-47-4)34(45)37-21-30(41)39(15-10-6-9-13-31(42)46-3)29(32(36)43)19-24-11-7-5-8-12-24;/h17-18,24,27-29,40H,5-16,19-21,35H2,1-4H3,(H2,36,43)(H,37,45)(H,38,44);1H/t27-,28+,29-;/m0./s1. The summed E-state index contributed by atoms with van der Waals surface area (Å²) in [6, 6.07) is 0.565. The summed E-state index contributed by atoms with van der Waals surface area (Å²) in [6.07, 6.45) is 10.2. The van der Waals surface area contributed by atoms with Gasteiger partial charge in [0.15, 0.2) is 0 Å². The molecule has 272 valence electrons. The Labute approximate surface area is 295 Å². The molecular formula is C34H56ClN5O7S. The van der Waals surface area contributed by atoms with Crippen LogP contribution in [0.4, 0.5) is 0 Å². The molecule has 12 nitrogen and oxygen atoms in total. The lowest BCUT2D eigenvalue weighted by atomic mass is 9.84. The van der Waals surface area contributed by atoms with Crippen LogP contribution < -0.4 is 22.1 Å². The van der Waals surface area contributed by atoms with Gasteiger partial charge in [-0.25, -0.2) is 0 Å². The average molecular weight is 714 g/mol. The Morgan fingerprint density at radius 1 is 1.04 bits per heavy atom. The molecule has 0 aliphatic heterocycles. The molecule has 1 aliphatic rings. The highest BCUT2D eigenvalue weighted by molar-refractivity contribution is 7.98. The molecule has 1 fully saturated rings. The second-order valence-electron chi connectivity index (χ2n) is 12.6. The number of carbonyl (C=O) groups is 5. The number of rotatable bonds is 20. The van der Waals surface area contributed by atoms with E-state index in [2.05, 4.69) is 10.6 Å². The molecule has 1 aromatic rings. The van der Waals surface area contributed by atoms with Gasteiger partial charge in [-0.05, 0) is 92.7 Å². The van der Waals surface area contributed by atoms with E-state index < -0.39 is 41.8 Å². The smallest absolute Gasteiger partial charge is 0.305 e. The van der Waals surface area contributed by atoms with Crippen LogP contribution >= 0.6 is 24.2 Å². The van der Waals surface area contributed by atoms with E-state index in [1.54, 1.807) is 12.1 Å². The van der Waals surface area contributed by atoms with E-state index in [1.165, 1.54) is 23.8 Å². The first-order valence-electron chi connectivity index (χ1n) is 16.6. The number of hydrogen-bond acceptors (Lipinski definition) is 9. The minimum Gasteiger partial charge on any atom is -0.508 e. The number of nitrogens with zero attached hydrogens (tertiary/aromatic N) is 1. The van der Waals surface area contributed by atoms with E-state index in [-0.39, 0.29) is 56.0 Å². The summed E-state index contributed by atoms with van der Waals surface area (Å²) < 4.78 is 4.70. The Bertz CT molecular complexity index is 1190. The summed E-state index contributed by atoms with van der Waals surface area (Å²) in [5, 5.41) is 15.3. The van der Waals surface area contributed by atoms with Crippen LogP contribution in [0.15, 0.2) is 12.1 Å². The van der Waals surface area contributed by atoms with Gasteiger partial charge in [-0.15, -0.1) is 12.4 Å². The Kier molecular flexibility index (Phi) is 20.2. The molecule has 48 heavy (non-hydrogen) atoms. The third-order valence-electron chi connectivity index (χ3n) is 8.91. The van der Waals surface area contributed by atoms with Crippen molar-refractivity contribution in [1.82, 2.24) is 15.5 Å². The largest absolute Gasteiger partial charge is 0.508 e. The molecule has 0 spiro atoms. The maximum Gasteiger partial charge on any atom is 0.305 e. The van der Waals surface area contributed by atoms with Crippen LogP contribution in [0, 0.1) is 19.8 Å². The molecule has 1 saturated carbocycles.